The molecule has 0 aromatic carbocycles. The third-order valence-electron chi connectivity index (χ3n) is 4.56. The molecule has 10 heteroatoms. The average molecular weight is 448 g/mol. The molecule has 0 saturated carbocycles. The average Bonchev–Trinajstić information content (AvgIpc) is 2.89. The first-order chi connectivity index (χ1) is 15.3. The highest BCUT2D eigenvalue weighted by atomic mass is 16.6. The van der Waals surface area contributed by atoms with Gasteiger partial charge in [-0.15, -0.1) is 0 Å². The lowest BCUT2D eigenvalue weighted by molar-refractivity contribution is -0.161. The van der Waals surface area contributed by atoms with Crippen molar-refractivity contribution in [3.05, 3.63) is 35.1 Å². The number of fused-ring (bicyclic) bond motifs is 1. The Balaban J connectivity index is 2.88. The molecule has 0 aromatic rings. The number of carbonyl (C=O) groups is 4. The minimum Gasteiger partial charge on any atom is -0.465 e. The van der Waals surface area contributed by atoms with E-state index in [9.17, 15) is 19.2 Å². The normalized spacial score (nSPS) is 19.8. The molecule has 0 fully saturated rings. The molecule has 174 valence electrons. The number of hydrogen-bond acceptors (Lipinski definition) is 10. The maximum absolute atomic E-state index is 13.1. The van der Waals surface area contributed by atoms with Gasteiger partial charge in [0, 0.05) is 0 Å². The zero-order chi connectivity index (χ0) is 23.8. The number of ether oxygens (including phenoxy) is 4. The van der Waals surface area contributed by atoms with Crippen LogP contribution in [0.5, 0.6) is 0 Å². The molecule has 2 unspecified atom stereocenters. The van der Waals surface area contributed by atoms with Crippen molar-refractivity contribution in [2.45, 2.75) is 40.7 Å². The second kappa shape index (κ2) is 11.3. The third-order valence-corrected chi connectivity index (χ3v) is 4.56. The molecular weight excluding hydrogens is 420 g/mol. The molecule has 2 aliphatic rings. The third kappa shape index (κ3) is 5.24. The van der Waals surface area contributed by atoms with Gasteiger partial charge < -0.3 is 18.9 Å². The molecule has 2 atom stereocenters. The van der Waals surface area contributed by atoms with Crippen LogP contribution < -0.4 is 0 Å². The van der Waals surface area contributed by atoms with E-state index in [0.717, 1.165) is 0 Å². The Labute approximate surface area is 186 Å². The van der Waals surface area contributed by atoms with Crippen LogP contribution in [0.4, 0.5) is 0 Å². The summed E-state index contributed by atoms with van der Waals surface area (Å²) in [5, 5.41) is 5.64. The molecule has 32 heavy (non-hydrogen) atoms. The Hall–Kier alpha value is -3.43. The fraction of sp³-hybridized carbons (Fsp3) is 0.500. The molecule has 2 heterocycles. The standard InChI is InChI=1S/C22H28N2O8/c1-6-29-19(25)15-12-14-11-10-13(5)23-24(14)18(22(28)32-9-4)17(21(27)31-8-3)16(15)20(26)30-7-2/h10-12,17-18H,6-9H2,1-5H3. The number of nitrogens with zero attached hydrogens (tertiary/aromatic N) is 2. The van der Waals surface area contributed by atoms with Crippen LogP contribution >= 0.6 is 0 Å². The summed E-state index contributed by atoms with van der Waals surface area (Å²) in [6.45, 7) is 8.12. The first kappa shape index (κ1) is 24.8. The Bertz CT molecular complexity index is 900. The van der Waals surface area contributed by atoms with Crippen LogP contribution in [0.1, 0.15) is 34.6 Å². The van der Waals surface area contributed by atoms with Gasteiger partial charge >= 0.3 is 23.9 Å². The molecule has 0 N–H and O–H groups in total. The Kier molecular flexibility index (Phi) is 8.74. The van der Waals surface area contributed by atoms with E-state index in [1.807, 2.05) is 0 Å². The molecular formula is C22H28N2O8. The second-order valence-corrected chi connectivity index (χ2v) is 6.68. The zero-order valence-electron chi connectivity index (χ0n) is 18.9. The van der Waals surface area contributed by atoms with Crippen LogP contribution in [0.3, 0.4) is 0 Å². The highest BCUT2D eigenvalue weighted by Crippen LogP contribution is 2.35. The van der Waals surface area contributed by atoms with Gasteiger partial charge in [-0.1, -0.05) is 0 Å². The Morgan fingerprint density at radius 2 is 1.41 bits per heavy atom. The number of esters is 4. The van der Waals surface area contributed by atoms with Crippen LogP contribution in [0.2, 0.25) is 0 Å². The van der Waals surface area contributed by atoms with Gasteiger partial charge in [0.05, 0.1) is 49.0 Å². The smallest absolute Gasteiger partial charge is 0.338 e. The molecule has 2 rings (SSSR count). The first-order valence-corrected chi connectivity index (χ1v) is 10.5. The van der Waals surface area contributed by atoms with Gasteiger partial charge in [-0.3, -0.25) is 4.79 Å². The van der Waals surface area contributed by atoms with Crippen LogP contribution in [0.25, 0.3) is 0 Å². The summed E-state index contributed by atoms with van der Waals surface area (Å²) in [7, 11) is 0. The van der Waals surface area contributed by atoms with Crippen molar-refractivity contribution in [3.8, 4) is 0 Å². The van der Waals surface area contributed by atoms with Crippen LogP contribution in [0, 0.1) is 5.92 Å². The molecule has 10 nitrogen and oxygen atoms in total. The number of hydrogen-bond donors (Lipinski definition) is 0. The summed E-state index contributed by atoms with van der Waals surface area (Å²) in [6, 6.07) is -1.41. The molecule has 0 bridgehead atoms. The van der Waals surface area contributed by atoms with Crippen molar-refractivity contribution in [3.63, 3.8) is 0 Å². The predicted molar refractivity (Wildman–Crippen MR) is 113 cm³/mol. The van der Waals surface area contributed by atoms with Crippen molar-refractivity contribution in [1.82, 2.24) is 5.01 Å². The van der Waals surface area contributed by atoms with Crippen LogP contribution in [0.15, 0.2) is 40.2 Å². The fourth-order valence-corrected chi connectivity index (χ4v) is 3.34. The van der Waals surface area contributed by atoms with Gasteiger partial charge in [0.2, 0.25) is 0 Å². The summed E-state index contributed by atoms with van der Waals surface area (Å²) in [6.07, 6.45) is 4.63. The molecule has 2 aliphatic heterocycles. The number of rotatable bonds is 8. The van der Waals surface area contributed by atoms with E-state index in [1.54, 1.807) is 46.8 Å². The second-order valence-electron chi connectivity index (χ2n) is 6.68. The van der Waals surface area contributed by atoms with Crippen molar-refractivity contribution in [2.24, 2.45) is 11.0 Å². The van der Waals surface area contributed by atoms with E-state index in [-0.39, 0.29) is 37.6 Å². The highest BCUT2D eigenvalue weighted by Gasteiger charge is 2.49. The molecule has 0 saturated heterocycles. The Morgan fingerprint density at radius 1 is 0.844 bits per heavy atom. The predicted octanol–water partition coefficient (Wildman–Crippen LogP) is 1.67. The van der Waals surface area contributed by atoms with E-state index in [0.29, 0.717) is 11.4 Å². The van der Waals surface area contributed by atoms with Crippen molar-refractivity contribution >= 4 is 29.6 Å². The zero-order valence-corrected chi connectivity index (χ0v) is 18.9. The summed E-state index contributed by atoms with van der Waals surface area (Å²) >= 11 is 0. The minimum atomic E-state index is -1.55. The number of allylic oxidation sites excluding steroid dienone is 2. The van der Waals surface area contributed by atoms with E-state index in [4.69, 9.17) is 18.9 Å². The fourth-order valence-electron chi connectivity index (χ4n) is 3.34. The van der Waals surface area contributed by atoms with Gasteiger partial charge in [0.15, 0.2) is 6.04 Å². The van der Waals surface area contributed by atoms with Crippen LogP contribution in [-0.2, 0) is 38.1 Å². The SMILES string of the molecule is CCOC(=O)C1=C(C(=O)OCC)C(C(=O)OCC)C(C(=O)OCC)N2N=C(C)C=CC2=C1. The minimum absolute atomic E-state index is 0.0157. The van der Waals surface area contributed by atoms with Crippen molar-refractivity contribution in [1.29, 1.82) is 0 Å². The Morgan fingerprint density at radius 3 is 2.00 bits per heavy atom. The topological polar surface area (TPSA) is 121 Å². The van der Waals surface area contributed by atoms with E-state index < -0.39 is 35.8 Å². The van der Waals surface area contributed by atoms with Crippen molar-refractivity contribution < 1.29 is 38.1 Å². The summed E-state index contributed by atoms with van der Waals surface area (Å²) in [5.74, 6) is -5.04. The molecule has 0 aromatic heterocycles. The molecule has 0 spiro atoms. The maximum Gasteiger partial charge on any atom is 0.338 e. The van der Waals surface area contributed by atoms with Gasteiger partial charge in [0.1, 0.15) is 5.92 Å². The largest absolute Gasteiger partial charge is 0.465 e. The molecule has 0 aliphatic carbocycles. The summed E-state index contributed by atoms with van der Waals surface area (Å²) in [5.41, 5.74) is 0.279. The van der Waals surface area contributed by atoms with E-state index >= 15 is 0 Å². The van der Waals surface area contributed by atoms with Crippen LogP contribution in [-0.4, -0.2) is 67.1 Å². The van der Waals surface area contributed by atoms with Gasteiger partial charge in [0.25, 0.3) is 0 Å². The lowest BCUT2D eigenvalue weighted by Gasteiger charge is -2.33. The molecule has 0 radical (unpaired) electrons. The summed E-state index contributed by atoms with van der Waals surface area (Å²) < 4.78 is 20.7. The number of hydrazone groups is 1. The van der Waals surface area contributed by atoms with Gasteiger partial charge in [-0.25, -0.2) is 19.4 Å². The monoisotopic (exact) mass is 448 g/mol. The summed E-state index contributed by atoms with van der Waals surface area (Å²) in [4.78, 5) is 52.1. The van der Waals surface area contributed by atoms with E-state index in [1.165, 1.54) is 11.1 Å². The first-order valence-electron chi connectivity index (χ1n) is 10.5. The highest BCUT2D eigenvalue weighted by molar-refractivity contribution is 6.08. The lowest BCUT2D eigenvalue weighted by Crippen LogP contribution is -2.49. The quantitative estimate of drug-likeness (QED) is 0.403. The maximum atomic E-state index is 13.1. The lowest BCUT2D eigenvalue weighted by atomic mass is 9.88. The number of carbonyl (C=O) groups excluding carboxylic acids is 4. The van der Waals surface area contributed by atoms with Crippen molar-refractivity contribution in [2.75, 3.05) is 26.4 Å². The van der Waals surface area contributed by atoms with Gasteiger partial charge in [-0.05, 0) is 52.8 Å². The van der Waals surface area contributed by atoms with E-state index in [2.05, 4.69) is 5.10 Å². The van der Waals surface area contributed by atoms with Gasteiger partial charge in [-0.2, -0.15) is 5.10 Å². The molecule has 0 amide bonds.